The molecule has 0 saturated heterocycles. The molecule has 114 valence electrons. The van der Waals surface area contributed by atoms with E-state index in [0.717, 1.165) is 12.4 Å². The lowest BCUT2D eigenvalue weighted by Gasteiger charge is -2.04. The van der Waals surface area contributed by atoms with Gasteiger partial charge in [0, 0.05) is 12.7 Å². The van der Waals surface area contributed by atoms with Crippen LogP contribution in [0.25, 0.3) is 0 Å². The molecule has 1 aliphatic rings. The predicted molar refractivity (Wildman–Crippen MR) is 90.8 cm³/mol. The Morgan fingerprint density at radius 2 is 1.91 bits per heavy atom. The van der Waals surface area contributed by atoms with Gasteiger partial charge in [0.2, 0.25) is 0 Å². The van der Waals surface area contributed by atoms with Gasteiger partial charge < -0.3 is 11.1 Å². The van der Waals surface area contributed by atoms with Crippen molar-refractivity contribution in [2.75, 3.05) is 11.9 Å². The Labute approximate surface area is 131 Å². The first kappa shape index (κ1) is 14.6. The Morgan fingerprint density at radius 1 is 1.18 bits per heavy atom. The maximum Gasteiger partial charge on any atom is 0.194 e. The van der Waals surface area contributed by atoms with E-state index < -0.39 is 0 Å². The maximum atomic E-state index is 5.95. The normalized spacial score (nSPS) is 23.1. The van der Waals surface area contributed by atoms with Gasteiger partial charge in [-0.25, -0.2) is 4.98 Å². The highest BCUT2D eigenvalue weighted by Crippen LogP contribution is 2.64. The largest absolute Gasteiger partial charge is 0.370 e. The molecule has 4 heteroatoms. The van der Waals surface area contributed by atoms with Gasteiger partial charge in [0.25, 0.3) is 0 Å². The van der Waals surface area contributed by atoms with Crippen LogP contribution in [-0.4, -0.2) is 17.5 Å². The Balaban J connectivity index is 1.63. The van der Waals surface area contributed by atoms with Crippen LogP contribution in [0.15, 0.2) is 59.7 Å². The summed E-state index contributed by atoms with van der Waals surface area (Å²) >= 11 is 0. The smallest absolute Gasteiger partial charge is 0.194 e. The first-order chi connectivity index (χ1) is 10.6. The number of hydrogen-bond acceptors (Lipinski definition) is 2. The van der Waals surface area contributed by atoms with Crippen LogP contribution >= 0.6 is 0 Å². The molecule has 0 radical (unpaired) electrons. The lowest BCUT2D eigenvalue weighted by Crippen LogP contribution is -2.23. The monoisotopic (exact) mass is 294 g/mol. The van der Waals surface area contributed by atoms with Crippen molar-refractivity contribution in [3.8, 4) is 0 Å². The molecule has 0 spiro atoms. The second kappa shape index (κ2) is 5.79. The molecule has 22 heavy (non-hydrogen) atoms. The fraction of sp³-hybridized carbons (Fsp3) is 0.333. The van der Waals surface area contributed by atoms with Gasteiger partial charge >= 0.3 is 0 Å². The molecule has 0 aliphatic heterocycles. The van der Waals surface area contributed by atoms with E-state index in [0.29, 0.717) is 17.8 Å². The maximum absolute atomic E-state index is 5.95. The second-order valence-corrected chi connectivity index (χ2v) is 6.38. The number of hydrogen-bond donors (Lipinski definition) is 2. The molecule has 0 unspecified atom stereocenters. The molecule has 0 amide bonds. The van der Waals surface area contributed by atoms with Crippen molar-refractivity contribution in [3.63, 3.8) is 0 Å². The van der Waals surface area contributed by atoms with E-state index in [4.69, 9.17) is 5.73 Å². The number of rotatable bonds is 4. The second-order valence-electron chi connectivity index (χ2n) is 6.38. The van der Waals surface area contributed by atoms with E-state index in [1.165, 1.54) is 5.56 Å². The highest BCUT2D eigenvalue weighted by molar-refractivity contribution is 5.91. The number of guanidine groups is 1. The molecular formula is C18H22N4. The molecule has 0 bridgehead atoms. The van der Waals surface area contributed by atoms with Crippen LogP contribution in [0.3, 0.4) is 0 Å². The zero-order chi connectivity index (χ0) is 15.6. The number of anilines is 1. The van der Waals surface area contributed by atoms with Gasteiger partial charge in [-0.2, -0.15) is 0 Å². The minimum atomic E-state index is 0.274. The van der Waals surface area contributed by atoms with Gasteiger partial charge in [-0.15, -0.1) is 0 Å². The molecule has 2 atom stereocenters. The van der Waals surface area contributed by atoms with Crippen molar-refractivity contribution in [2.24, 2.45) is 22.1 Å². The van der Waals surface area contributed by atoms with E-state index in [1.54, 1.807) is 6.20 Å². The van der Waals surface area contributed by atoms with E-state index in [-0.39, 0.29) is 5.41 Å². The Morgan fingerprint density at radius 3 is 2.59 bits per heavy atom. The van der Waals surface area contributed by atoms with Crippen molar-refractivity contribution < 1.29 is 0 Å². The Hall–Kier alpha value is -2.36. The van der Waals surface area contributed by atoms with Crippen LogP contribution < -0.4 is 11.1 Å². The zero-order valence-electron chi connectivity index (χ0n) is 13.0. The van der Waals surface area contributed by atoms with E-state index in [9.17, 15) is 0 Å². The van der Waals surface area contributed by atoms with Gasteiger partial charge in [0.1, 0.15) is 5.82 Å². The molecular weight excluding hydrogens is 272 g/mol. The molecule has 1 aromatic heterocycles. The van der Waals surface area contributed by atoms with Crippen LogP contribution in [-0.2, 0) is 0 Å². The number of nitrogens with zero attached hydrogens (tertiary/aromatic N) is 2. The summed E-state index contributed by atoms with van der Waals surface area (Å²) in [5.74, 6) is 2.23. The summed E-state index contributed by atoms with van der Waals surface area (Å²) in [6, 6.07) is 16.3. The zero-order valence-corrected chi connectivity index (χ0v) is 13.0. The lowest BCUT2D eigenvalue weighted by molar-refractivity contribution is 0.559. The Bertz CT molecular complexity index is 649. The summed E-state index contributed by atoms with van der Waals surface area (Å²) in [5, 5.41) is 3.02. The van der Waals surface area contributed by atoms with Gasteiger partial charge in [0.05, 0.1) is 0 Å². The van der Waals surface area contributed by atoms with Crippen molar-refractivity contribution >= 4 is 11.8 Å². The molecule has 4 nitrogen and oxygen atoms in total. The third-order valence-corrected chi connectivity index (χ3v) is 4.59. The molecule has 1 aromatic carbocycles. The summed E-state index contributed by atoms with van der Waals surface area (Å²) in [6.45, 7) is 5.33. The summed E-state index contributed by atoms with van der Waals surface area (Å²) in [7, 11) is 0. The molecule has 3 N–H and O–H groups in total. The molecule has 1 heterocycles. The van der Waals surface area contributed by atoms with Crippen molar-refractivity contribution in [1.29, 1.82) is 0 Å². The highest BCUT2D eigenvalue weighted by atomic mass is 15.1. The van der Waals surface area contributed by atoms with Crippen LogP contribution in [0, 0.1) is 11.3 Å². The van der Waals surface area contributed by atoms with Gasteiger partial charge in [-0.05, 0) is 34.9 Å². The SMILES string of the molecule is CC1(C)[C@@H](CN=C(N)Nc2ccccn2)[C@@H]1c1ccccc1. The number of aromatic nitrogens is 1. The third-order valence-electron chi connectivity index (χ3n) is 4.59. The topological polar surface area (TPSA) is 63.3 Å². The number of aliphatic imine (C=N–C) groups is 1. The summed E-state index contributed by atoms with van der Waals surface area (Å²) in [6.07, 6.45) is 1.73. The van der Waals surface area contributed by atoms with Crippen molar-refractivity contribution in [1.82, 2.24) is 4.98 Å². The first-order valence-electron chi connectivity index (χ1n) is 7.62. The number of nitrogens with one attached hydrogen (secondary N) is 1. The molecule has 3 rings (SSSR count). The minimum absolute atomic E-state index is 0.274. The molecule has 2 aromatic rings. The van der Waals surface area contributed by atoms with E-state index >= 15 is 0 Å². The summed E-state index contributed by atoms with van der Waals surface area (Å²) in [4.78, 5) is 8.68. The average molecular weight is 294 g/mol. The summed E-state index contributed by atoms with van der Waals surface area (Å²) in [5.41, 5.74) is 7.62. The van der Waals surface area contributed by atoms with Crippen molar-refractivity contribution in [2.45, 2.75) is 19.8 Å². The average Bonchev–Trinajstić information content (AvgIpc) is 3.08. The van der Waals surface area contributed by atoms with Crippen LogP contribution in [0.4, 0.5) is 5.82 Å². The fourth-order valence-corrected chi connectivity index (χ4v) is 3.21. The van der Waals surface area contributed by atoms with E-state index in [1.807, 2.05) is 18.2 Å². The fourth-order valence-electron chi connectivity index (χ4n) is 3.21. The van der Waals surface area contributed by atoms with Gasteiger partial charge in [0.15, 0.2) is 5.96 Å². The molecule has 1 saturated carbocycles. The minimum Gasteiger partial charge on any atom is -0.370 e. The van der Waals surface area contributed by atoms with Crippen LogP contribution in [0.2, 0.25) is 0 Å². The predicted octanol–water partition coefficient (Wildman–Crippen LogP) is 3.25. The highest BCUT2D eigenvalue weighted by Gasteiger charge is 2.57. The molecule has 1 fully saturated rings. The van der Waals surface area contributed by atoms with Crippen LogP contribution in [0.5, 0.6) is 0 Å². The van der Waals surface area contributed by atoms with Crippen LogP contribution in [0.1, 0.15) is 25.3 Å². The van der Waals surface area contributed by atoms with Crippen molar-refractivity contribution in [3.05, 3.63) is 60.3 Å². The quantitative estimate of drug-likeness (QED) is 0.672. The van der Waals surface area contributed by atoms with Gasteiger partial charge in [-0.3, -0.25) is 4.99 Å². The Kier molecular flexibility index (Phi) is 3.84. The number of nitrogens with two attached hydrogens (primary N) is 1. The lowest BCUT2D eigenvalue weighted by atomic mass is 10.0. The first-order valence-corrected chi connectivity index (χ1v) is 7.62. The standard InChI is InChI=1S/C18H22N4/c1-18(2)14(16(18)13-8-4-3-5-9-13)12-21-17(19)22-15-10-6-7-11-20-15/h3-11,14,16H,12H2,1-2H3,(H3,19,20,21,22)/t14-,16-/m0/s1. The van der Waals surface area contributed by atoms with E-state index in [2.05, 4.69) is 59.5 Å². The number of pyridine rings is 1. The number of benzene rings is 1. The summed E-state index contributed by atoms with van der Waals surface area (Å²) < 4.78 is 0. The molecule has 1 aliphatic carbocycles. The van der Waals surface area contributed by atoms with Gasteiger partial charge in [-0.1, -0.05) is 50.2 Å². The third kappa shape index (κ3) is 2.96.